The van der Waals surface area contributed by atoms with E-state index in [2.05, 4.69) is 4.98 Å². The Hall–Kier alpha value is -2.73. The maximum atomic E-state index is 10.6. The van der Waals surface area contributed by atoms with Gasteiger partial charge in [0.1, 0.15) is 11.5 Å². The lowest BCUT2D eigenvalue weighted by atomic mass is 10.2. The third-order valence-corrected chi connectivity index (χ3v) is 5.12. The van der Waals surface area contributed by atoms with Gasteiger partial charge in [-0.25, -0.2) is 4.98 Å². The Labute approximate surface area is 168 Å². The molecule has 3 rings (SSSR count). The summed E-state index contributed by atoms with van der Waals surface area (Å²) in [6.07, 6.45) is 1.62. The first kappa shape index (κ1) is 20.0. The number of carboxylic acid groups (broad SMARTS) is 1. The van der Waals surface area contributed by atoms with E-state index in [0.29, 0.717) is 18.3 Å². The topological polar surface area (TPSA) is 72.6 Å². The Morgan fingerprint density at radius 1 is 1.18 bits per heavy atom. The van der Waals surface area contributed by atoms with Gasteiger partial charge in [0.2, 0.25) is 5.89 Å². The summed E-state index contributed by atoms with van der Waals surface area (Å²) >= 11 is 1.38. The number of hydrogen-bond donors (Lipinski definition) is 1. The summed E-state index contributed by atoms with van der Waals surface area (Å²) in [5, 5.41) is 8.71. The number of oxazole rings is 1. The van der Waals surface area contributed by atoms with E-state index in [-0.39, 0.29) is 5.75 Å². The molecular formula is C22H23NO4S. The monoisotopic (exact) mass is 397 g/mol. The molecule has 0 atom stereocenters. The maximum absolute atomic E-state index is 10.6. The predicted octanol–water partition coefficient (Wildman–Crippen LogP) is 4.98. The van der Waals surface area contributed by atoms with Crippen molar-refractivity contribution in [1.82, 2.24) is 4.98 Å². The molecule has 5 nitrogen and oxygen atoms in total. The Morgan fingerprint density at radius 3 is 2.79 bits per heavy atom. The van der Waals surface area contributed by atoms with Gasteiger partial charge in [0, 0.05) is 11.3 Å². The van der Waals surface area contributed by atoms with Crippen molar-refractivity contribution in [3.63, 3.8) is 0 Å². The van der Waals surface area contributed by atoms with E-state index in [4.69, 9.17) is 14.3 Å². The number of carboxylic acids is 1. The molecule has 3 aromatic rings. The molecule has 1 aromatic heterocycles. The second-order valence-electron chi connectivity index (χ2n) is 6.37. The minimum atomic E-state index is -0.795. The van der Waals surface area contributed by atoms with Gasteiger partial charge in [-0.3, -0.25) is 4.79 Å². The summed E-state index contributed by atoms with van der Waals surface area (Å²) in [5.41, 5.74) is 3.00. The van der Waals surface area contributed by atoms with Crippen molar-refractivity contribution in [2.45, 2.75) is 25.5 Å². The molecule has 0 unspecified atom stereocenters. The standard InChI is InChI=1S/C22H23NO4S/c1-16-20(23-22(27-16)18-8-3-2-4-9-18)11-6-12-26-19-10-5-7-17(13-19)14-28-15-21(24)25/h2-5,7-10,13H,6,11-12,14-15H2,1H3,(H,24,25). The van der Waals surface area contributed by atoms with E-state index < -0.39 is 5.97 Å². The van der Waals surface area contributed by atoms with Crippen LogP contribution in [-0.2, 0) is 17.0 Å². The first-order chi connectivity index (χ1) is 13.6. The Bertz CT molecular complexity index is 908. The van der Waals surface area contributed by atoms with E-state index in [1.807, 2.05) is 61.5 Å². The largest absolute Gasteiger partial charge is 0.494 e. The Kier molecular flexibility index (Phi) is 7.14. The van der Waals surface area contributed by atoms with Crippen molar-refractivity contribution in [2.75, 3.05) is 12.4 Å². The molecule has 1 heterocycles. The number of carbonyl (C=O) groups is 1. The van der Waals surface area contributed by atoms with Crippen LogP contribution in [0.5, 0.6) is 5.75 Å². The van der Waals surface area contributed by atoms with Crippen molar-refractivity contribution in [2.24, 2.45) is 0 Å². The number of nitrogens with zero attached hydrogens (tertiary/aromatic N) is 1. The van der Waals surface area contributed by atoms with Gasteiger partial charge in [0.25, 0.3) is 0 Å². The second-order valence-corrected chi connectivity index (χ2v) is 7.36. The van der Waals surface area contributed by atoms with E-state index in [1.165, 1.54) is 11.8 Å². The maximum Gasteiger partial charge on any atom is 0.313 e. The summed E-state index contributed by atoms with van der Waals surface area (Å²) in [7, 11) is 0. The van der Waals surface area contributed by atoms with Gasteiger partial charge in [-0.1, -0.05) is 30.3 Å². The first-order valence-electron chi connectivity index (χ1n) is 9.15. The van der Waals surface area contributed by atoms with E-state index in [1.54, 1.807) is 0 Å². The summed E-state index contributed by atoms with van der Waals surface area (Å²) in [5.74, 6) is 2.26. The van der Waals surface area contributed by atoms with Crippen LogP contribution in [0.15, 0.2) is 59.0 Å². The third kappa shape index (κ3) is 5.89. The zero-order valence-corrected chi connectivity index (χ0v) is 16.6. The van der Waals surface area contributed by atoms with Crippen LogP contribution in [0.1, 0.15) is 23.4 Å². The van der Waals surface area contributed by atoms with Gasteiger partial charge >= 0.3 is 5.97 Å². The molecule has 0 amide bonds. The molecule has 0 aliphatic heterocycles. The molecule has 0 fully saturated rings. The normalized spacial score (nSPS) is 10.8. The summed E-state index contributed by atoms with van der Waals surface area (Å²) in [6, 6.07) is 17.7. The van der Waals surface area contributed by atoms with E-state index in [0.717, 1.165) is 41.2 Å². The average molecular weight is 397 g/mol. The molecule has 0 radical (unpaired) electrons. The molecule has 146 valence electrons. The number of benzene rings is 2. The fourth-order valence-electron chi connectivity index (χ4n) is 2.78. The zero-order valence-electron chi connectivity index (χ0n) is 15.8. The summed E-state index contributed by atoms with van der Waals surface area (Å²) in [6.45, 7) is 2.52. The van der Waals surface area contributed by atoms with Crippen LogP contribution in [-0.4, -0.2) is 28.4 Å². The highest BCUT2D eigenvalue weighted by molar-refractivity contribution is 7.99. The lowest BCUT2D eigenvalue weighted by Crippen LogP contribution is -2.01. The summed E-state index contributed by atoms with van der Waals surface area (Å²) < 4.78 is 11.6. The molecule has 1 N–H and O–H groups in total. The lowest BCUT2D eigenvalue weighted by Gasteiger charge is -2.07. The van der Waals surface area contributed by atoms with Crippen LogP contribution in [0.2, 0.25) is 0 Å². The lowest BCUT2D eigenvalue weighted by molar-refractivity contribution is -0.133. The smallest absolute Gasteiger partial charge is 0.313 e. The molecule has 0 aliphatic rings. The molecule has 2 aromatic carbocycles. The fourth-order valence-corrected chi connectivity index (χ4v) is 3.47. The van der Waals surface area contributed by atoms with Crippen LogP contribution in [0.4, 0.5) is 0 Å². The van der Waals surface area contributed by atoms with Crippen LogP contribution in [0.3, 0.4) is 0 Å². The molecule has 0 aliphatic carbocycles. The van der Waals surface area contributed by atoms with Crippen molar-refractivity contribution < 1.29 is 19.1 Å². The molecule has 0 bridgehead atoms. The Balaban J connectivity index is 1.47. The highest BCUT2D eigenvalue weighted by Gasteiger charge is 2.11. The van der Waals surface area contributed by atoms with Gasteiger partial charge in [0.05, 0.1) is 18.1 Å². The predicted molar refractivity (Wildman–Crippen MR) is 111 cm³/mol. The fraction of sp³-hybridized carbons (Fsp3) is 0.273. The number of aryl methyl sites for hydroxylation is 2. The average Bonchev–Trinajstić information content (AvgIpc) is 3.07. The van der Waals surface area contributed by atoms with Gasteiger partial charge in [-0.15, -0.1) is 11.8 Å². The molecule has 28 heavy (non-hydrogen) atoms. The van der Waals surface area contributed by atoms with Gasteiger partial charge < -0.3 is 14.3 Å². The van der Waals surface area contributed by atoms with Gasteiger partial charge in [-0.05, 0) is 49.6 Å². The first-order valence-corrected chi connectivity index (χ1v) is 10.3. The van der Waals surface area contributed by atoms with Crippen LogP contribution in [0, 0.1) is 6.92 Å². The van der Waals surface area contributed by atoms with Crippen molar-refractivity contribution in [3.05, 3.63) is 71.6 Å². The molecule has 0 saturated carbocycles. The van der Waals surface area contributed by atoms with Crippen LogP contribution in [0.25, 0.3) is 11.5 Å². The number of aliphatic carboxylic acids is 1. The molecular weight excluding hydrogens is 374 g/mol. The SMILES string of the molecule is Cc1oc(-c2ccccc2)nc1CCCOc1cccc(CSCC(=O)O)c1. The zero-order chi connectivity index (χ0) is 19.8. The minimum Gasteiger partial charge on any atom is -0.494 e. The Morgan fingerprint density at radius 2 is 2.00 bits per heavy atom. The van der Waals surface area contributed by atoms with Gasteiger partial charge in [0.15, 0.2) is 0 Å². The molecule has 0 spiro atoms. The van der Waals surface area contributed by atoms with E-state index >= 15 is 0 Å². The van der Waals surface area contributed by atoms with Crippen molar-refractivity contribution in [3.8, 4) is 17.2 Å². The van der Waals surface area contributed by atoms with E-state index in [9.17, 15) is 4.79 Å². The molecule has 6 heteroatoms. The number of hydrogen-bond acceptors (Lipinski definition) is 5. The quantitative estimate of drug-likeness (QED) is 0.487. The van der Waals surface area contributed by atoms with Crippen molar-refractivity contribution in [1.29, 1.82) is 0 Å². The minimum absolute atomic E-state index is 0.104. The van der Waals surface area contributed by atoms with Crippen LogP contribution >= 0.6 is 11.8 Å². The van der Waals surface area contributed by atoms with Crippen LogP contribution < -0.4 is 4.74 Å². The van der Waals surface area contributed by atoms with Gasteiger partial charge in [-0.2, -0.15) is 0 Å². The highest BCUT2D eigenvalue weighted by Crippen LogP contribution is 2.22. The second kappa shape index (κ2) is 9.99. The molecule has 0 saturated heterocycles. The highest BCUT2D eigenvalue weighted by atomic mass is 32.2. The number of thioether (sulfide) groups is 1. The third-order valence-electron chi connectivity index (χ3n) is 4.13. The van der Waals surface area contributed by atoms with Crippen molar-refractivity contribution >= 4 is 17.7 Å². The number of aromatic nitrogens is 1. The number of ether oxygens (including phenoxy) is 1. The number of rotatable bonds is 10. The summed E-state index contributed by atoms with van der Waals surface area (Å²) in [4.78, 5) is 15.2.